The van der Waals surface area contributed by atoms with Gasteiger partial charge in [0, 0.05) is 24.1 Å². The Bertz CT molecular complexity index is 428. The van der Waals surface area contributed by atoms with E-state index in [-0.39, 0.29) is 11.7 Å². The summed E-state index contributed by atoms with van der Waals surface area (Å²) in [6.45, 7) is 0. The van der Waals surface area contributed by atoms with Crippen molar-refractivity contribution >= 4 is 5.78 Å². The topological polar surface area (TPSA) is 44.8 Å². The SMILES string of the molecule is COc1cc(OC)c([C@@H]2CCCC2=O)c(OC)c1. The summed E-state index contributed by atoms with van der Waals surface area (Å²) in [4.78, 5) is 11.9. The van der Waals surface area contributed by atoms with Crippen molar-refractivity contribution in [1.29, 1.82) is 0 Å². The van der Waals surface area contributed by atoms with Crippen molar-refractivity contribution in [3.8, 4) is 17.2 Å². The van der Waals surface area contributed by atoms with Gasteiger partial charge in [-0.05, 0) is 12.8 Å². The lowest BCUT2D eigenvalue weighted by Crippen LogP contribution is -2.08. The van der Waals surface area contributed by atoms with E-state index in [9.17, 15) is 4.79 Å². The summed E-state index contributed by atoms with van der Waals surface area (Å²) in [6, 6.07) is 3.59. The molecule has 0 unspecified atom stereocenters. The molecule has 1 fully saturated rings. The number of carbonyl (C=O) groups excluding carboxylic acids is 1. The van der Waals surface area contributed by atoms with E-state index in [0.717, 1.165) is 18.4 Å². The number of rotatable bonds is 4. The first kappa shape index (κ1) is 12.7. The van der Waals surface area contributed by atoms with E-state index in [1.54, 1.807) is 33.5 Å². The Morgan fingerprint density at radius 3 is 2.06 bits per heavy atom. The molecule has 4 nitrogen and oxygen atoms in total. The summed E-state index contributed by atoms with van der Waals surface area (Å²) >= 11 is 0. The van der Waals surface area contributed by atoms with Gasteiger partial charge in [0.25, 0.3) is 0 Å². The Balaban J connectivity index is 2.52. The summed E-state index contributed by atoms with van der Waals surface area (Å²) in [5.41, 5.74) is 0.850. The molecule has 0 amide bonds. The van der Waals surface area contributed by atoms with Crippen LogP contribution < -0.4 is 14.2 Å². The van der Waals surface area contributed by atoms with Gasteiger partial charge in [0.2, 0.25) is 0 Å². The molecule has 18 heavy (non-hydrogen) atoms. The minimum atomic E-state index is -0.110. The second kappa shape index (κ2) is 5.29. The van der Waals surface area contributed by atoms with E-state index >= 15 is 0 Å². The summed E-state index contributed by atoms with van der Waals surface area (Å²) in [5, 5.41) is 0. The predicted octanol–water partition coefficient (Wildman–Crippen LogP) is 2.55. The third-order valence-electron chi connectivity index (χ3n) is 3.41. The zero-order valence-electron chi connectivity index (χ0n) is 11.0. The Morgan fingerprint density at radius 1 is 1.06 bits per heavy atom. The number of methoxy groups -OCH3 is 3. The van der Waals surface area contributed by atoms with Crippen LogP contribution in [0.2, 0.25) is 0 Å². The van der Waals surface area contributed by atoms with Crippen molar-refractivity contribution in [2.45, 2.75) is 25.2 Å². The van der Waals surface area contributed by atoms with Crippen molar-refractivity contribution in [3.05, 3.63) is 17.7 Å². The third-order valence-corrected chi connectivity index (χ3v) is 3.41. The maximum absolute atomic E-state index is 11.9. The maximum Gasteiger partial charge on any atom is 0.140 e. The van der Waals surface area contributed by atoms with Gasteiger partial charge in [-0.25, -0.2) is 0 Å². The predicted molar refractivity (Wildman–Crippen MR) is 67.7 cm³/mol. The minimum absolute atomic E-state index is 0.110. The van der Waals surface area contributed by atoms with Crippen LogP contribution in [0.15, 0.2) is 12.1 Å². The average molecular weight is 250 g/mol. The van der Waals surface area contributed by atoms with Crippen LogP contribution in [0.5, 0.6) is 17.2 Å². The molecule has 1 atom stereocenters. The van der Waals surface area contributed by atoms with Crippen molar-refractivity contribution in [3.63, 3.8) is 0 Å². The highest BCUT2D eigenvalue weighted by molar-refractivity contribution is 5.89. The van der Waals surface area contributed by atoms with Crippen LogP contribution in [0.3, 0.4) is 0 Å². The largest absolute Gasteiger partial charge is 0.496 e. The normalized spacial score (nSPS) is 18.8. The number of hydrogen-bond acceptors (Lipinski definition) is 4. The van der Waals surface area contributed by atoms with Gasteiger partial charge < -0.3 is 14.2 Å². The fourth-order valence-corrected chi connectivity index (χ4v) is 2.50. The van der Waals surface area contributed by atoms with E-state index in [4.69, 9.17) is 14.2 Å². The molecule has 1 aromatic rings. The van der Waals surface area contributed by atoms with Gasteiger partial charge in [-0.3, -0.25) is 4.79 Å². The second-order valence-electron chi connectivity index (χ2n) is 4.36. The van der Waals surface area contributed by atoms with Crippen LogP contribution in [0.4, 0.5) is 0 Å². The molecule has 0 saturated heterocycles. The zero-order chi connectivity index (χ0) is 13.1. The molecular formula is C14H18O4. The quantitative estimate of drug-likeness (QED) is 0.823. The standard InChI is InChI=1S/C14H18O4/c1-16-9-7-12(17-2)14(13(8-9)18-3)10-5-4-6-11(10)15/h7-8,10H,4-6H2,1-3H3/t10-/m1/s1. The molecule has 0 heterocycles. The highest BCUT2D eigenvalue weighted by atomic mass is 16.5. The fourth-order valence-electron chi connectivity index (χ4n) is 2.50. The highest BCUT2D eigenvalue weighted by Crippen LogP contribution is 2.44. The monoisotopic (exact) mass is 250 g/mol. The molecule has 1 aliphatic rings. The van der Waals surface area contributed by atoms with Crippen LogP contribution in [0.1, 0.15) is 30.7 Å². The van der Waals surface area contributed by atoms with Gasteiger partial charge in [-0.2, -0.15) is 0 Å². The highest BCUT2D eigenvalue weighted by Gasteiger charge is 2.31. The lowest BCUT2D eigenvalue weighted by Gasteiger charge is -2.18. The van der Waals surface area contributed by atoms with Crippen molar-refractivity contribution in [1.82, 2.24) is 0 Å². The molecule has 2 rings (SSSR count). The number of ether oxygens (including phenoxy) is 3. The molecule has 0 aromatic heterocycles. The molecule has 0 N–H and O–H groups in total. The van der Waals surface area contributed by atoms with Crippen LogP contribution in [-0.2, 0) is 4.79 Å². The van der Waals surface area contributed by atoms with E-state index in [1.807, 2.05) is 0 Å². The molecule has 98 valence electrons. The molecule has 4 heteroatoms. The number of hydrogen-bond donors (Lipinski definition) is 0. The van der Waals surface area contributed by atoms with E-state index in [0.29, 0.717) is 23.7 Å². The summed E-state index contributed by atoms with van der Waals surface area (Å²) in [5.74, 6) is 2.13. The first-order valence-corrected chi connectivity index (χ1v) is 6.04. The van der Waals surface area contributed by atoms with Gasteiger partial charge in [0.15, 0.2) is 0 Å². The van der Waals surface area contributed by atoms with Crippen LogP contribution in [0.25, 0.3) is 0 Å². The molecule has 0 bridgehead atoms. The van der Waals surface area contributed by atoms with E-state index in [1.165, 1.54) is 0 Å². The average Bonchev–Trinajstić information content (AvgIpc) is 2.82. The van der Waals surface area contributed by atoms with Gasteiger partial charge >= 0.3 is 0 Å². The second-order valence-corrected chi connectivity index (χ2v) is 4.36. The van der Waals surface area contributed by atoms with E-state index < -0.39 is 0 Å². The van der Waals surface area contributed by atoms with Crippen LogP contribution in [-0.4, -0.2) is 27.1 Å². The van der Waals surface area contributed by atoms with Crippen molar-refractivity contribution in [2.24, 2.45) is 0 Å². The minimum Gasteiger partial charge on any atom is -0.496 e. The molecule has 1 saturated carbocycles. The number of carbonyl (C=O) groups is 1. The molecule has 1 aliphatic carbocycles. The fraction of sp³-hybridized carbons (Fsp3) is 0.500. The maximum atomic E-state index is 11.9. The molecule has 1 aromatic carbocycles. The molecular weight excluding hydrogens is 232 g/mol. The molecule has 0 radical (unpaired) electrons. The van der Waals surface area contributed by atoms with Crippen LogP contribution in [0, 0.1) is 0 Å². The van der Waals surface area contributed by atoms with Gasteiger partial charge in [-0.15, -0.1) is 0 Å². The van der Waals surface area contributed by atoms with Gasteiger partial charge in [0.05, 0.1) is 27.2 Å². The zero-order valence-corrected chi connectivity index (χ0v) is 11.0. The Kier molecular flexibility index (Phi) is 3.75. The van der Waals surface area contributed by atoms with Gasteiger partial charge in [-0.1, -0.05) is 0 Å². The number of Topliss-reactive ketones (excluding diaryl/α,β-unsaturated/α-hetero) is 1. The third kappa shape index (κ3) is 2.15. The first-order chi connectivity index (χ1) is 8.71. The Hall–Kier alpha value is -1.71. The smallest absolute Gasteiger partial charge is 0.140 e. The summed E-state index contributed by atoms with van der Waals surface area (Å²) in [6.07, 6.45) is 2.43. The first-order valence-electron chi connectivity index (χ1n) is 6.04. The number of ketones is 1. The lowest BCUT2D eigenvalue weighted by molar-refractivity contribution is -0.118. The molecule has 0 aliphatic heterocycles. The summed E-state index contributed by atoms with van der Waals surface area (Å²) < 4.78 is 16.0. The van der Waals surface area contributed by atoms with Crippen molar-refractivity contribution in [2.75, 3.05) is 21.3 Å². The molecule has 0 spiro atoms. The Labute approximate surface area is 107 Å². The summed E-state index contributed by atoms with van der Waals surface area (Å²) in [7, 11) is 4.78. The van der Waals surface area contributed by atoms with Crippen LogP contribution >= 0.6 is 0 Å². The van der Waals surface area contributed by atoms with Crippen molar-refractivity contribution < 1.29 is 19.0 Å². The Morgan fingerprint density at radius 2 is 1.67 bits per heavy atom. The number of benzene rings is 1. The van der Waals surface area contributed by atoms with Gasteiger partial charge in [0.1, 0.15) is 23.0 Å². The van der Waals surface area contributed by atoms with E-state index in [2.05, 4.69) is 0 Å². The lowest BCUT2D eigenvalue weighted by atomic mass is 9.94.